The molecule has 26 heavy (non-hydrogen) atoms. The van der Waals surface area contributed by atoms with Gasteiger partial charge in [-0.1, -0.05) is 48.5 Å². The topological polar surface area (TPSA) is 64.1 Å². The first-order valence-electron chi connectivity index (χ1n) is 8.52. The standard InChI is InChI=1S/C21H19N3O2/c1-15-18(23-21(26-15)17-10-6-3-7-11-17)20-19(16-8-4-2-5-9-16)22-14-24(20)12-13-25/h2-11,14,25H,12-13H2,1H3. The summed E-state index contributed by atoms with van der Waals surface area (Å²) >= 11 is 0. The summed E-state index contributed by atoms with van der Waals surface area (Å²) in [5, 5.41) is 9.43. The molecule has 2 heterocycles. The maximum atomic E-state index is 9.43. The van der Waals surface area contributed by atoms with Gasteiger partial charge in [0.1, 0.15) is 11.5 Å². The smallest absolute Gasteiger partial charge is 0.226 e. The van der Waals surface area contributed by atoms with Crippen LogP contribution in [0, 0.1) is 6.92 Å². The largest absolute Gasteiger partial charge is 0.441 e. The van der Waals surface area contributed by atoms with Crippen LogP contribution in [0.1, 0.15) is 5.76 Å². The van der Waals surface area contributed by atoms with Crippen molar-refractivity contribution in [1.29, 1.82) is 0 Å². The number of aliphatic hydroxyl groups excluding tert-OH is 1. The van der Waals surface area contributed by atoms with Crippen molar-refractivity contribution < 1.29 is 9.52 Å². The SMILES string of the molecule is Cc1oc(-c2ccccc2)nc1-c1c(-c2ccccc2)ncn1CCO. The van der Waals surface area contributed by atoms with Crippen molar-refractivity contribution >= 4 is 0 Å². The van der Waals surface area contributed by atoms with E-state index < -0.39 is 0 Å². The molecule has 1 N–H and O–H groups in total. The van der Waals surface area contributed by atoms with Crippen molar-refractivity contribution in [2.24, 2.45) is 0 Å². The van der Waals surface area contributed by atoms with Gasteiger partial charge in [0.05, 0.1) is 24.3 Å². The summed E-state index contributed by atoms with van der Waals surface area (Å²) in [5.41, 5.74) is 4.36. The Kier molecular flexibility index (Phi) is 4.37. The predicted molar refractivity (Wildman–Crippen MR) is 100 cm³/mol. The number of imidazole rings is 1. The van der Waals surface area contributed by atoms with Crippen LogP contribution in [0.5, 0.6) is 0 Å². The highest BCUT2D eigenvalue weighted by atomic mass is 16.4. The third-order valence-corrected chi connectivity index (χ3v) is 4.27. The van der Waals surface area contributed by atoms with Crippen molar-refractivity contribution in [3.63, 3.8) is 0 Å². The van der Waals surface area contributed by atoms with E-state index in [0.29, 0.717) is 12.4 Å². The Morgan fingerprint density at radius 2 is 1.58 bits per heavy atom. The molecule has 5 heteroatoms. The molecule has 0 bridgehead atoms. The molecule has 5 nitrogen and oxygen atoms in total. The van der Waals surface area contributed by atoms with Gasteiger partial charge in [0.25, 0.3) is 0 Å². The molecule has 0 aliphatic heterocycles. The monoisotopic (exact) mass is 345 g/mol. The Labute approximate surface area is 151 Å². The summed E-state index contributed by atoms with van der Waals surface area (Å²) in [6.45, 7) is 2.38. The minimum atomic E-state index is 0.0278. The first-order chi connectivity index (χ1) is 12.8. The van der Waals surface area contributed by atoms with Crippen LogP contribution in [0.15, 0.2) is 71.4 Å². The fraction of sp³-hybridized carbons (Fsp3) is 0.143. The molecule has 2 aromatic carbocycles. The Hall–Kier alpha value is -3.18. The maximum absolute atomic E-state index is 9.43. The number of benzene rings is 2. The van der Waals surface area contributed by atoms with Crippen LogP contribution in [0.2, 0.25) is 0 Å². The van der Waals surface area contributed by atoms with Crippen molar-refractivity contribution in [2.75, 3.05) is 6.61 Å². The van der Waals surface area contributed by atoms with E-state index in [1.807, 2.05) is 72.2 Å². The summed E-state index contributed by atoms with van der Waals surface area (Å²) in [6, 6.07) is 19.8. The fourth-order valence-corrected chi connectivity index (χ4v) is 3.04. The van der Waals surface area contributed by atoms with Gasteiger partial charge in [0.15, 0.2) is 0 Å². The van der Waals surface area contributed by atoms with Crippen molar-refractivity contribution in [3.05, 3.63) is 72.8 Å². The van der Waals surface area contributed by atoms with E-state index in [1.165, 1.54) is 0 Å². The number of nitrogens with zero attached hydrogens (tertiary/aromatic N) is 3. The fourth-order valence-electron chi connectivity index (χ4n) is 3.04. The van der Waals surface area contributed by atoms with Crippen molar-refractivity contribution in [2.45, 2.75) is 13.5 Å². The van der Waals surface area contributed by atoms with E-state index in [2.05, 4.69) is 4.98 Å². The second-order valence-electron chi connectivity index (χ2n) is 6.01. The number of aliphatic hydroxyl groups is 1. The van der Waals surface area contributed by atoms with Gasteiger partial charge in [-0.25, -0.2) is 9.97 Å². The lowest BCUT2D eigenvalue weighted by molar-refractivity contribution is 0.276. The van der Waals surface area contributed by atoms with Crippen LogP contribution < -0.4 is 0 Å². The number of aryl methyl sites for hydroxylation is 1. The van der Waals surface area contributed by atoms with Gasteiger partial charge in [-0.15, -0.1) is 0 Å². The first-order valence-corrected chi connectivity index (χ1v) is 8.52. The molecule has 0 radical (unpaired) electrons. The van der Waals surface area contributed by atoms with E-state index in [-0.39, 0.29) is 6.61 Å². The maximum Gasteiger partial charge on any atom is 0.226 e. The highest BCUT2D eigenvalue weighted by Crippen LogP contribution is 2.34. The van der Waals surface area contributed by atoms with E-state index in [0.717, 1.165) is 34.0 Å². The summed E-state index contributed by atoms with van der Waals surface area (Å²) in [6.07, 6.45) is 1.74. The van der Waals surface area contributed by atoms with Gasteiger partial charge in [-0.05, 0) is 19.1 Å². The van der Waals surface area contributed by atoms with E-state index in [4.69, 9.17) is 9.40 Å². The van der Waals surface area contributed by atoms with Crippen LogP contribution >= 0.6 is 0 Å². The molecule has 4 aromatic rings. The number of rotatable bonds is 5. The third-order valence-electron chi connectivity index (χ3n) is 4.27. The summed E-state index contributed by atoms with van der Waals surface area (Å²) in [5.74, 6) is 1.30. The van der Waals surface area contributed by atoms with E-state index >= 15 is 0 Å². The van der Waals surface area contributed by atoms with Gasteiger partial charge in [-0.3, -0.25) is 0 Å². The molecule has 0 atom stereocenters. The number of hydrogen-bond donors (Lipinski definition) is 1. The minimum absolute atomic E-state index is 0.0278. The van der Waals surface area contributed by atoms with Gasteiger partial charge in [0, 0.05) is 17.7 Å². The highest BCUT2D eigenvalue weighted by molar-refractivity contribution is 5.78. The zero-order valence-electron chi connectivity index (χ0n) is 14.5. The molecule has 0 aliphatic carbocycles. The Balaban J connectivity index is 1.87. The second kappa shape index (κ2) is 6.98. The summed E-state index contributed by atoms with van der Waals surface area (Å²) in [7, 11) is 0. The number of oxazole rings is 1. The molecule has 0 spiro atoms. The minimum Gasteiger partial charge on any atom is -0.441 e. The van der Waals surface area contributed by atoms with Crippen molar-refractivity contribution in [3.8, 4) is 34.1 Å². The van der Waals surface area contributed by atoms with Crippen molar-refractivity contribution in [1.82, 2.24) is 14.5 Å². The molecule has 0 amide bonds. The predicted octanol–water partition coefficient (Wildman–Crippen LogP) is 4.17. The average molecular weight is 345 g/mol. The lowest BCUT2D eigenvalue weighted by Crippen LogP contribution is -2.03. The van der Waals surface area contributed by atoms with Crippen LogP contribution in [0.25, 0.3) is 34.1 Å². The lowest BCUT2D eigenvalue weighted by atomic mass is 10.1. The summed E-state index contributed by atoms with van der Waals surface area (Å²) < 4.78 is 7.85. The average Bonchev–Trinajstić information content (AvgIpc) is 3.27. The zero-order valence-corrected chi connectivity index (χ0v) is 14.5. The van der Waals surface area contributed by atoms with Crippen LogP contribution in [-0.4, -0.2) is 26.2 Å². The second-order valence-corrected chi connectivity index (χ2v) is 6.01. The van der Waals surface area contributed by atoms with Crippen LogP contribution in [0.3, 0.4) is 0 Å². The first kappa shape index (κ1) is 16.3. The molecule has 130 valence electrons. The van der Waals surface area contributed by atoms with Crippen LogP contribution in [-0.2, 0) is 6.54 Å². The zero-order chi connectivity index (χ0) is 17.9. The molecular formula is C21H19N3O2. The molecule has 0 saturated heterocycles. The third kappa shape index (κ3) is 2.93. The Bertz CT molecular complexity index is 1000. The Morgan fingerprint density at radius 3 is 2.23 bits per heavy atom. The highest BCUT2D eigenvalue weighted by Gasteiger charge is 2.21. The number of hydrogen-bond acceptors (Lipinski definition) is 4. The quantitative estimate of drug-likeness (QED) is 0.589. The van der Waals surface area contributed by atoms with Gasteiger partial charge in [-0.2, -0.15) is 0 Å². The molecule has 0 fully saturated rings. The molecular weight excluding hydrogens is 326 g/mol. The number of aromatic nitrogens is 3. The Morgan fingerprint density at radius 1 is 0.923 bits per heavy atom. The van der Waals surface area contributed by atoms with Gasteiger partial charge >= 0.3 is 0 Å². The summed E-state index contributed by atoms with van der Waals surface area (Å²) in [4.78, 5) is 9.32. The molecule has 2 aromatic heterocycles. The van der Waals surface area contributed by atoms with E-state index in [9.17, 15) is 5.11 Å². The molecule has 0 unspecified atom stereocenters. The normalized spacial score (nSPS) is 11.0. The van der Waals surface area contributed by atoms with E-state index in [1.54, 1.807) is 6.33 Å². The van der Waals surface area contributed by atoms with Gasteiger partial charge < -0.3 is 14.1 Å². The van der Waals surface area contributed by atoms with Gasteiger partial charge in [0.2, 0.25) is 5.89 Å². The molecule has 0 saturated carbocycles. The van der Waals surface area contributed by atoms with Crippen LogP contribution in [0.4, 0.5) is 0 Å². The molecule has 0 aliphatic rings. The molecule has 4 rings (SSSR count). The lowest BCUT2D eigenvalue weighted by Gasteiger charge is -2.07.